The summed E-state index contributed by atoms with van der Waals surface area (Å²) >= 11 is 11.6. The van der Waals surface area contributed by atoms with E-state index in [0.29, 0.717) is 11.1 Å². The minimum atomic E-state index is -4.72. The number of alkyl halides is 3. The highest BCUT2D eigenvalue weighted by molar-refractivity contribution is 6.35. The molecule has 9 heteroatoms. The van der Waals surface area contributed by atoms with Gasteiger partial charge in [0.1, 0.15) is 0 Å². The van der Waals surface area contributed by atoms with Crippen molar-refractivity contribution in [2.75, 3.05) is 5.32 Å². The molecule has 0 bridgehead atoms. The van der Waals surface area contributed by atoms with E-state index in [2.05, 4.69) is 15.3 Å². The van der Waals surface area contributed by atoms with Crippen molar-refractivity contribution in [3.05, 3.63) is 50.4 Å². The van der Waals surface area contributed by atoms with Crippen molar-refractivity contribution < 1.29 is 13.2 Å². The van der Waals surface area contributed by atoms with Crippen LogP contribution in [0.3, 0.4) is 0 Å². The van der Waals surface area contributed by atoms with Gasteiger partial charge in [-0.2, -0.15) is 13.2 Å². The number of aromatic nitrogens is 2. The maximum absolute atomic E-state index is 12.5. The molecule has 0 unspecified atom stereocenters. The molecule has 2 N–H and O–H groups in total. The average molecular weight is 324 g/mol. The second-order valence-electron chi connectivity index (χ2n) is 3.73. The number of hydrogen-bond acceptors (Lipinski definition) is 3. The third-order valence-corrected chi connectivity index (χ3v) is 2.78. The van der Waals surface area contributed by atoms with Gasteiger partial charge in [-0.15, -0.1) is 0 Å². The molecular weight excluding hydrogens is 318 g/mol. The molecule has 0 saturated heterocycles. The van der Waals surface area contributed by atoms with E-state index >= 15 is 0 Å². The average Bonchev–Trinajstić information content (AvgIpc) is 2.32. The summed E-state index contributed by atoms with van der Waals surface area (Å²) in [7, 11) is 0. The van der Waals surface area contributed by atoms with Gasteiger partial charge in [-0.25, -0.2) is 4.98 Å². The summed E-state index contributed by atoms with van der Waals surface area (Å²) in [5, 5.41) is 3.03. The van der Waals surface area contributed by atoms with Crippen LogP contribution in [0.4, 0.5) is 24.8 Å². The van der Waals surface area contributed by atoms with Gasteiger partial charge < -0.3 is 5.32 Å². The normalized spacial score (nSPS) is 11.4. The molecule has 106 valence electrons. The minimum absolute atomic E-state index is 0.217. The summed E-state index contributed by atoms with van der Waals surface area (Å²) in [4.78, 5) is 16.6. The lowest BCUT2D eigenvalue weighted by Gasteiger charge is -2.10. The largest absolute Gasteiger partial charge is 0.433 e. The van der Waals surface area contributed by atoms with Crippen LogP contribution >= 0.6 is 23.2 Å². The fourth-order valence-corrected chi connectivity index (χ4v) is 1.72. The Labute approximate surface area is 120 Å². The molecule has 0 fully saturated rings. The first-order chi connectivity index (χ1) is 9.25. The van der Waals surface area contributed by atoms with Gasteiger partial charge in [0.2, 0.25) is 5.95 Å². The zero-order valence-electron chi connectivity index (χ0n) is 9.55. The third kappa shape index (κ3) is 3.43. The summed E-state index contributed by atoms with van der Waals surface area (Å²) < 4.78 is 37.6. The highest BCUT2D eigenvalue weighted by atomic mass is 35.5. The molecule has 20 heavy (non-hydrogen) atoms. The Bertz CT molecular complexity index is 700. The van der Waals surface area contributed by atoms with Crippen molar-refractivity contribution >= 4 is 34.8 Å². The van der Waals surface area contributed by atoms with Crippen LogP contribution in [0.5, 0.6) is 0 Å². The number of hydrogen-bond donors (Lipinski definition) is 2. The van der Waals surface area contributed by atoms with E-state index in [4.69, 9.17) is 23.2 Å². The molecule has 1 aromatic carbocycles. The van der Waals surface area contributed by atoms with Gasteiger partial charge >= 0.3 is 6.18 Å². The van der Waals surface area contributed by atoms with E-state index in [1.807, 2.05) is 0 Å². The molecule has 0 aliphatic carbocycles. The van der Waals surface area contributed by atoms with Gasteiger partial charge in [-0.05, 0) is 18.2 Å². The standard InChI is InChI=1S/C11H6Cl2F3N3O/c12-5-1-2-6(13)7(3-5)17-10-18-8(11(14,15)16)4-9(20)19-10/h1-4H,(H2,17,18,19,20). The second-order valence-corrected chi connectivity index (χ2v) is 4.57. The van der Waals surface area contributed by atoms with Crippen molar-refractivity contribution in [3.63, 3.8) is 0 Å². The topological polar surface area (TPSA) is 57.8 Å². The smallest absolute Gasteiger partial charge is 0.324 e. The van der Waals surface area contributed by atoms with Gasteiger partial charge in [0.15, 0.2) is 5.69 Å². The van der Waals surface area contributed by atoms with Crippen molar-refractivity contribution in [2.45, 2.75) is 6.18 Å². The van der Waals surface area contributed by atoms with Crippen molar-refractivity contribution in [2.24, 2.45) is 0 Å². The third-order valence-electron chi connectivity index (χ3n) is 2.21. The van der Waals surface area contributed by atoms with Crippen LogP contribution in [-0.4, -0.2) is 9.97 Å². The molecule has 0 aliphatic heterocycles. The van der Waals surface area contributed by atoms with Gasteiger partial charge in [-0.1, -0.05) is 23.2 Å². The maximum Gasteiger partial charge on any atom is 0.433 e. The van der Waals surface area contributed by atoms with Gasteiger partial charge in [0.05, 0.1) is 10.7 Å². The molecule has 0 spiro atoms. The zero-order chi connectivity index (χ0) is 14.9. The van der Waals surface area contributed by atoms with E-state index in [1.54, 1.807) is 0 Å². The fourth-order valence-electron chi connectivity index (χ4n) is 1.38. The van der Waals surface area contributed by atoms with Crippen molar-refractivity contribution in [1.29, 1.82) is 0 Å². The highest BCUT2D eigenvalue weighted by Gasteiger charge is 2.33. The number of nitrogens with one attached hydrogen (secondary N) is 2. The number of aromatic amines is 1. The predicted octanol–water partition coefficient (Wildman–Crippen LogP) is 3.84. The van der Waals surface area contributed by atoms with Gasteiger partial charge in [0.25, 0.3) is 5.56 Å². The lowest BCUT2D eigenvalue weighted by atomic mass is 10.3. The van der Waals surface area contributed by atoms with Crippen LogP contribution < -0.4 is 10.9 Å². The molecule has 4 nitrogen and oxygen atoms in total. The number of anilines is 2. The number of H-pyrrole nitrogens is 1. The Morgan fingerprint density at radius 1 is 1.20 bits per heavy atom. The van der Waals surface area contributed by atoms with Crippen LogP contribution in [-0.2, 0) is 6.18 Å². The number of benzene rings is 1. The Kier molecular flexibility index (Phi) is 3.92. The Balaban J connectivity index is 2.41. The Morgan fingerprint density at radius 2 is 1.90 bits per heavy atom. The summed E-state index contributed by atoms with van der Waals surface area (Å²) in [6, 6.07) is 4.73. The zero-order valence-corrected chi connectivity index (χ0v) is 11.1. The van der Waals surface area contributed by atoms with Gasteiger partial charge in [-0.3, -0.25) is 9.78 Å². The number of nitrogens with zero attached hydrogens (tertiary/aromatic N) is 1. The summed E-state index contributed by atoms with van der Waals surface area (Å²) in [6.07, 6.45) is -4.72. The first kappa shape index (κ1) is 14.7. The molecule has 2 rings (SSSR count). The van der Waals surface area contributed by atoms with Crippen LogP contribution in [0.2, 0.25) is 10.0 Å². The molecule has 1 aromatic heterocycles. The second kappa shape index (κ2) is 5.34. The van der Waals surface area contributed by atoms with E-state index in [1.165, 1.54) is 18.2 Å². The maximum atomic E-state index is 12.5. The molecule has 2 aromatic rings. The molecule has 0 amide bonds. The Morgan fingerprint density at radius 3 is 2.55 bits per heavy atom. The summed E-state index contributed by atoms with van der Waals surface area (Å²) in [5.41, 5.74) is -2.02. The van der Waals surface area contributed by atoms with E-state index in [9.17, 15) is 18.0 Å². The first-order valence-corrected chi connectivity index (χ1v) is 5.92. The number of halogens is 5. The first-order valence-electron chi connectivity index (χ1n) is 5.16. The fraction of sp³-hybridized carbons (Fsp3) is 0.0909. The van der Waals surface area contributed by atoms with E-state index in [0.717, 1.165) is 0 Å². The minimum Gasteiger partial charge on any atom is -0.324 e. The van der Waals surface area contributed by atoms with Crippen molar-refractivity contribution in [1.82, 2.24) is 9.97 Å². The molecular formula is C11H6Cl2F3N3O. The SMILES string of the molecule is O=c1cc(C(F)(F)F)nc(Nc2cc(Cl)ccc2Cl)[nH]1. The molecule has 0 saturated carbocycles. The van der Waals surface area contributed by atoms with Crippen LogP contribution in [0.15, 0.2) is 29.1 Å². The Hall–Kier alpha value is -1.73. The van der Waals surface area contributed by atoms with Crippen LogP contribution in [0, 0.1) is 0 Å². The van der Waals surface area contributed by atoms with Crippen LogP contribution in [0.25, 0.3) is 0 Å². The summed E-state index contributed by atoms with van der Waals surface area (Å²) in [6.45, 7) is 0. The van der Waals surface area contributed by atoms with Crippen molar-refractivity contribution in [3.8, 4) is 0 Å². The molecule has 0 atom stereocenters. The summed E-state index contributed by atoms with van der Waals surface area (Å²) in [5.74, 6) is -0.381. The quantitative estimate of drug-likeness (QED) is 0.882. The van der Waals surface area contributed by atoms with Gasteiger partial charge in [0, 0.05) is 11.1 Å². The highest BCUT2D eigenvalue weighted by Crippen LogP contribution is 2.29. The van der Waals surface area contributed by atoms with E-state index in [-0.39, 0.29) is 16.7 Å². The molecule has 1 heterocycles. The lowest BCUT2D eigenvalue weighted by Crippen LogP contribution is -2.17. The van der Waals surface area contributed by atoms with E-state index < -0.39 is 17.4 Å². The molecule has 0 aliphatic rings. The lowest BCUT2D eigenvalue weighted by molar-refractivity contribution is -0.141. The number of rotatable bonds is 2. The molecule has 0 radical (unpaired) electrons. The predicted molar refractivity (Wildman–Crippen MR) is 69.6 cm³/mol. The van der Waals surface area contributed by atoms with Crippen LogP contribution in [0.1, 0.15) is 5.69 Å². The monoisotopic (exact) mass is 323 g/mol.